The average Bonchev–Trinajstić information content (AvgIpc) is 3.13. The third-order valence-corrected chi connectivity index (χ3v) is 5.16. The monoisotopic (exact) mass is 370 g/mol. The normalized spacial score (nSPS) is 18.6. The van der Waals surface area contributed by atoms with E-state index in [0.717, 1.165) is 31.6 Å². The second-order valence-corrected chi connectivity index (χ2v) is 6.96. The summed E-state index contributed by atoms with van der Waals surface area (Å²) in [7, 11) is 0. The van der Waals surface area contributed by atoms with Gasteiger partial charge in [0.05, 0.1) is 19.6 Å². The summed E-state index contributed by atoms with van der Waals surface area (Å²) in [6, 6.07) is 14.1. The van der Waals surface area contributed by atoms with Crippen LogP contribution in [0.3, 0.4) is 0 Å². The molecular formula is C21H23FN2O3. The predicted octanol–water partition coefficient (Wildman–Crippen LogP) is 3.35. The number of carbonyl (C=O) groups is 1. The fourth-order valence-corrected chi connectivity index (χ4v) is 3.67. The highest BCUT2D eigenvalue weighted by atomic mass is 19.1. The lowest BCUT2D eigenvalue weighted by Crippen LogP contribution is -2.45. The van der Waals surface area contributed by atoms with Gasteiger partial charge in [0.2, 0.25) is 5.91 Å². The van der Waals surface area contributed by atoms with Gasteiger partial charge >= 0.3 is 0 Å². The Morgan fingerprint density at radius 2 is 1.70 bits per heavy atom. The number of anilines is 2. The number of halogens is 1. The van der Waals surface area contributed by atoms with Crippen LogP contribution in [0, 0.1) is 5.82 Å². The Morgan fingerprint density at radius 3 is 2.37 bits per heavy atom. The summed E-state index contributed by atoms with van der Waals surface area (Å²) < 4.78 is 25.2. The van der Waals surface area contributed by atoms with Crippen LogP contribution in [0.1, 0.15) is 18.4 Å². The molecule has 4 rings (SSSR count). The largest absolute Gasteiger partial charge is 0.371 e. The Bertz CT molecular complexity index is 793. The van der Waals surface area contributed by atoms with E-state index < -0.39 is 0 Å². The van der Waals surface area contributed by atoms with Crippen LogP contribution < -0.4 is 10.2 Å². The highest BCUT2D eigenvalue weighted by Gasteiger charge is 2.39. The van der Waals surface area contributed by atoms with Crippen LogP contribution in [-0.4, -0.2) is 38.0 Å². The van der Waals surface area contributed by atoms with Crippen LogP contribution in [0.5, 0.6) is 0 Å². The third kappa shape index (κ3) is 4.12. The van der Waals surface area contributed by atoms with Crippen molar-refractivity contribution in [1.82, 2.24) is 0 Å². The smallest absolute Gasteiger partial charge is 0.228 e. The quantitative estimate of drug-likeness (QED) is 0.897. The van der Waals surface area contributed by atoms with Crippen LogP contribution in [-0.2, 0) is 20.7 Å². The van der Waals surface area contributed by atoms with Gasteiger partial charge in [-0.15, -0.1) is 0 Å². The van der Waals surface area contributed by atoms with Gasteiger partial charge in [0.25, 0.3) is 0 Å². The van der Waals surface area contributed by atoms with Gasteiger partial charge in [-0.25, -0.2) is 4.39 Å². The molecule has 0 radical (unpaired) electrons. The van der Waals surface area contributed by atoms with Crippen molar-refractivity contribution in [3.63, 3.8) is 0 Å². The summed E-state index contributed by atoms with van der Waals surface area (Å²) in [5, 5.41) is 2.82. The minimum absolute atomic E-state index is 0.0165. The minimum Gasteiger partial charge on any atom is -0.371 e. The number of nitrogens with zero attached hydrogens (tertiary/aromatic N) is 1. The summed E-state index contributed by atoms with van der Waals surface area (Å²) in [5.74, 6) is -0.971. The molecule has 2 aromatic carbocycles. The van der Waals surface area contributed by atoms with E-state index in [4.69, 9.17) is 9.47 Å². The number of nitrogens with one attached hydrogen (secondary N) is 1. The van der Waals surface area contributed by atoms with Gasteiger partial charge in [-0.05, 0) is 35.9 Å². The van der Waals surface area contributed by atoms with E-state index in [1.165, 1.54) is 6.07 Å². The van der Waals surface area contributed by atoms with Gasteiger partial charge in [-0.1, -0.05) is 18.2 Å². The molecule has 142 valence electrons. The summed E-state index contributed by atoms with van der Waals surface area (Å²) >= 11 is 0. The Balaban J connectivity index is 1.32. The van der Waals surface area contributed by atoms with Crippen LogP contribution in [0.25, 0.3) is 0 Å². The summed E-state index contributed by atoms with van der Waals surface area (Å²) in [6.45, 7) is 3.11. The molecule has 0 aliphatic carbocycles. The van der Waals surface area contributed by atoms with Crippen molar-refractivity contribution in [2.24, 2.45) is 0 Å². The second-order valence-electron chi connectivity index (χ2n) is 6.96. The van der Waals surface area contributed by atoms with E-state index in [0.29, 0.717) is 24.5 Å². The van der Waals surface area contributed by atoms with E-state index in [2.05, 4.69) is 10.2 Å². The molecule has 1 N–H and O–H groups in total. The molecular weight excluding hydrogens is 347 g/mol. The van der Waals surface area contributed by atoms with Crippen LogP contribution in [0.15, 0.2) is 48.5 Å². The van der Waals surface area contributed by atoms with Crippen molar-refractivity contribution in [2.75, 3.05) is 36.5 Å². The fourth-order valence-electron chi connectivity index (χ4n) is 3.67. The van der Waals surface area contributed by atoms with Crippen LogP contribution >= 0.6 is 0 Å². The molecule has 0 atom stereocenters. The first-order chi connectivity index (χ1) is 13.1. The molecule has 5 nitrogen and oxygen atoms in total. The first-order valence-electron chi connectivity index (χ1n) is 9.30. The molecule has 2 heterocycles. The molecule has 0 saturated carbocycles. The van der Waals surface area contributed by atoms with E-state index in [1.54, 1.807) is 18.2 Å². The van der Waals surface area contributed by atoms with E-state index in [-0.39, 0.29) is 23.9 Å². The summed E-state index contributed by atoms with van der Waals surface area (Å²) in [5.41, 5.74) is 2.20. The number of hydrogen-bond donors (Lipinski definition) is 1. The first kappa shape index (κ1) is 17.9. The Morgan fingerprint density at radius 1 is 1.04 bits per heavy atom. The third-order valence-electron chi connectivity index (χ3n) is 5.16. The van der Waals surface area contributed by atoms with E-state index in [1.807, 2.05) is 24.3 Å². The number of ether oxygens (including phenoxy) is 2. The molecule has 0 bridgehead atoms. The van der Waals surface area contributed by atoms with Crippen molar-refractivity contribution in [2.45, 2.75) is 25.0 Å². The van der Waals surface area contributed by atoms with E-state index >= 15 is 0 Å². The highest BCUT2D eigenvalue weighted by molar-refractivity contribution is 5.92. The van der Waals surface area contributed by atoms with Crippen molar-refractivity contribution < 1.29 is 18.7 Å². The van der Waals surface area contributed by atoms with Gasteiger partial charge in [-0.3, -0.25) is 4.79 Å². The van der Waals surface area contributed by atoms with Crippen LogP contribution in [0.2, 0.25) is 0 Å². The number of amides is 1. The molecule has 2 aliphatic heterocycles. The lowest BCUT2D eigenvalue weighted by Gasteiger charge is -2.38. The molecule has 0 unspecified atom stereocenters. The predicted molar refractivity (Wildman–Crippen MR) is 101 cm³/mol. The maximum atomic E-state index is 13.7. The molecule has 1 spiro atoms. The Kier molecular flexibility index (Phi) is 5.09. The van der Waals surface area contributed by atoms with Crippen molar-refractivity contribution in [3.8, 4) is 0 Å². The zero-order chi connectivity index (χ0) is 18.7. The molecule has 2 fully saturated rings. The Labute approximate surface area is 158 Å². The molecule has 2 aliphatic rings. The van der Waals surface area contributed by atoms with Crippen molar-refractivity contribution >= 4 is 17.3 Å². The van der Waals surface area contributed by atoms with E-state index in [9.17, 15) is 9.18 Å². The fraction of sp³-hybridized carbons (Fsp3) is 0.381. The molecule has 27 heavy (non-hydrogen) atoms. The molecule has 6 heteroatoms. The maximum Gasteiger partial charge on any atom is 0.228 e. The zero-order valence-corrected chi connectivity index (χ0v) is 15.1. The SMILES string of the molecule is O=C(Cc1ccccc1F)Nc1ccc(N2CCC3(CC2)OCCO3)cc1. The molecule has 2 aromatic rings. The zero-order valence-electron chi connectivity index (χ0n) is 15.1. The second kappa shape index (κ2) is 7.66. The van der Waals surface area contributed by atoms with Gasteiger partial charge in [0.15, 0.2) is 5.79 Å². The number of hydrogen-bond acceptors (Lipinski definition) is 4. The topological polar surface area (TPSA) is 50.8 Å². The van der Waals surface area contributed by atoms with Gasteiger partial charge in [0, 0.05) is 37.3 Å². The maximum absolute atomic E-state index is 13.7. The average molecular weight is 370 g/mol. The lowest BCUT2D eigenvalue weighted by atomic mass is 10.0. The highest BCUT2D eigenvalue weighted by Crippen LogP contribution is 2.33. The Hall–Kier alpha value is -2.44. The van der Waals surface area contributed by atoms with Gasteiger partial charge in [0.1, 0.15) is 5.82 Å². The molecule has 1 amide bonds. The molecule has 2 saturated heterocycles. The first-order valence-corrected chi connectivity index (χ1v) is 9.30. The lowest BCUT2D eigenvalue weighted by molar-refractivity contribution is -0.169. The van der Waals surface area contributed by atoms with Gasteiger partial charge < -0.3 is 19.7 Å². The number of rotatable bonds is 4. The van der Waals surface area contributed by atoms with Crippen molar-refractivity contribution in [1.29, 1.82) is 0 Å². The summed E-state index contributed by atoms with van der Waals surface area (Å²) in [4.78, 5) is 14.4. The van der Waals surface area contributed by atoms with Crippen molar-refractivity contribution in [3.05, 3.63) is 59.9 Å². The minimum atomic E-state index is -0.378. The number of carbonyl (C=O) groups excluding carboxylic acids is 1. The summed E-state index contributed by atoms with van der Waals surface area (Å²) in [6.07, 6.45) is 1.73. The van der Waals surface area contributed by atoms with Crippen LogP contribution in [0.4, 0.5) is 15.8 Å². The number of benzene rings is 2. The molecule has 0 aromatic heterocycles. The standard InChI is InChI=1S/C21H23FN2O3/c22-19-4-2-1-3-16(19)15-20(25)23-17-5-7-18(8-6-17)24-11-9-21(10-12-24)26-13-14-27-21/h1-8H,9-15H2,(H,23,25). The number of piperidine rings is 1. The van der Waals surface area contributed by atoms with Gasteiger partial charge in [-0.2, -0.15) is 0 Å².